The van der Waals surface area contributed by atoms with Crippen LogP contribution in [0.2, 0.25) is 0 Å². The van der Waals surface area contributed by atoms with Gasteiger partial charge < -0.3 is 10.8 Å². The van der Waals surface area contributed by atoms with E-state index in [4.69, 9.17) is 10.8 Å². The molecule has 0 saturated carbocycles. The Bertz CT molecular complexity index is 41.0. The molecule has 0 amide bonds. The molecular weight excluding hydrogens is 114 g/mol. The van der Waals surface area contributed by atoms with Crippen molar-refractivity contribution in [1.29, 1.82) is 0 Å². The lowest BCUT2D eigenvalue weighted by Crippen LogP contribution is -1.92. The normalized spacial score (nSPS) is 8.86. The van der Waals surface area contributed by atoms with Gasteiger partial charge in [-0.3, -0.25) is 0 Å². The fourth-order valence-corrected chi connectivity index (χ4v) is 0.171. The molecule has 44 valence electrons. The van der Waals surface area contributed by atoms with Gasteiger partial charge in [0.25, 0.3) is 0 Å². The quantitative estimate of drug-likeness (QED) is 0.505. The Hall–Kier alpha value is -0.0500. The molecule has 0 saturated heterocycles. The number of hydrogen-bond donors (Lipinski definition) is 2. The predicted octanol–water partition coefficient (Wildman–Crippen LogP) is -0.0846. The summed E-state index contributed by atoms with van der Waals surface area (Å²) >= 11 is 0. The highest BCUT2D eigenvalue weighted by atomic mass is 35.5. The Morgan fingerprint density at radius 1 is 1.43 bits per heavy atom. The van der Waals surface area contributed by atoms with Crippen LogP contribution in [-0.2, 0) is 0 Å². The van der Waals surface area contributed by atoms with Gasteiger partial charge in [0.05, 0.1) is 6.61 Å². The van der Waals surface area contributed by atoms with Crippen LogP contribution in [0.15, 0.2) is 12.2 Å². The summed E-state index contributed by atoms with van der Waals surface area (Å²) in [5.41, 5.74) is 5.02. The van der Waals surface area contributed by atoms with E-state index >= 15 is 0 Å². The predicted molar refractivity (Wildman–Crippen MR) is 32.5 cm³/mol. The lowest BCUT2D eigenvalue weighted by Gasteiger charge is -1.73. The smallest absolute Gasteiger partial charge is 0.0612 e. The maximum atomic E-state index is 8.06. The van der Waals surface area contributed by atoms with Gasteiger partial charge in [0.1, 0.15) is 0 Å². The lowest BCUT2D eigenvalue weighted by molar-refractivity contribution is 0.342. The summed E-state index contributed by atoms with van der Waals surface area (Å²) in [7, 11) is 0. The third-order valence-corrected chi connectivity index (χ3v) is 0.408. The standard InChI is InChI=1S/C4H9NO.ClH/c5-3-1-2-4-6;/h1-2,6H,3-5H2;1H/b2-1+;. The molecule has 0 radical (unpaired) electrons. The van der Waals surface area contributed by atoms with Gasteiger partial charge in [-0.25, -0.2) is 0 Å². The van der Waals surface area contributed by atoms with Crippen molar-refractivity contribution in [3.63, 3.8) is 0 Å². The van der Waals surface area contributed by atoms with E-state index in [1.54, 1.807) is 12.2 Å². The summed E-state index contributed by atoms with van der Waals surface area (Å²) in [4.78, 5) is 0. The Balaban J connectivity index is 0. The van der Waals surface area contributed by atoms with Crippen LogP contribution in [0.25, 0.3) is 0 Å². The minimum Gasteiger partial charge on any atom is -0.392 e. The Labute approximate surface area is 49.4 Å². The van der Waals surface area contributed by atoms with Gasteiger partial charge in [0, 0.05) is 6.54 Å². The van der Waals surface area contributed by atoms with Crippen molar-refractivity contribution in [3.8, 4) is 0 Å². The van der Waals surface area contributed by atoms with E-state index in [9.17, 15) is 0 Å². The van der Waals surface area contributed by atoms with E-state index in [-0.39, 0.29) is 19.0 Å². The van der Waals surface area contributed by atoms with Crippen molar-refractivity contribution in [2.75, 3.05) is 13.2 Å². The van der Waals surface area contributed by atoms with Crippen molar-refractivity contribution in [2.24, 2.45) is 5.73 Å². The van der Waals surface area contributed by atoms with Crippen LogP contribution in [0, 0.1) is 0 Å². The molecule has 0 aliphatic heterocycles. The molecule has 0 aromatic heterocycles. The van der Waals surface area contributed by atoms with E-state index in [1.807, 2.05) is 0 Å². The van der Waals surface area contributed by atoms with Crippen LogP contribution in [0.4, 0.5) is 0 Å². The monoisotopic (exact) mass is 123 g/mol. The topological polar surface area (TPSA) is 46.2 Å². The minimum absolute atomic E-state index is 0. The van der Waals surface area contributed by atoms with Gasteiger partial charge >= 0.3 is 0 Å². The second-order valence-electron chi connectivity index (χ2n) is 0.890. The van der Waals surface area contributed by atoms with Crippen molar-refractivity contribution in [2.45, 2.75) is 0 Å². The molecule has 3 heteroatoms. The first kappa shape index (κ1) is 10.0. The maximum absolute atomic E-state index is 8.06. The van der Waals surface area contributed by atoms with Gasteiger partial charge in [-0.15, -0.1) is 12.4 Å². The third kappa shape index (κ3) is 10.7. The first-order valence-electron chi connectivity index (χ1n) is 1.87. The molecule has 0 aliphatic rings. The highest BCUT2D eigenvalue weighted by Crippen LogP contribution is 1.61. The Morgan fingerprint density at radius 2 is 2.00 bits per heavy atom. The molecule has 0 fully saturated rings. The average Bonchev–Trinajstić information content (AvgIpc) is 1.61. The summed E-state index contributed by atoms with van der Waals surface area (Å²) in [6.45, 7) is 0.609. The van der Waals surface area contributed by atoms with Crippen molar-refractivity contribution in [1.82, 2.24) is 0 Å². The zero-order valence-electron chi connectivity index (χ0n) is 4.00. The van der Waals surface area contributed by atoms with Gasteiger partial charge in [-0.1, -0.05) is 12.2 Å². The number of halogens is 1. The molecule has 0 rings (SSSR count). The van der Waals surface area contributed by atoms with Crippen molar-refractivity contribution >= 4 is 12.4 Å². The van der Waals surface area contributed by atoms with Gasteiger partial charge in [-0.05, 0) is 0 Å². The highest BCUT2D eigenvalue weighted by molar-refractivity contribution is 5.85. The first-order valence-corrected chi connectivity index (χ1v) is 1.87. The maximum Gasteiger partial charge on any atom is 0.0612 e. The largest absolute Gasteiger partial charge is 0.392 e. The van der Waals surface area contributed by atoms with E-state index in [1.165, 1.54) is 0 Å². The number of hydrogen-bond acceptors (Lipinski definition) is 2. The molecule has 0 aromatic rings. The molecule has 0 aromatic carbocycles. The second-order valence-corrected chi connectivity index (χ2v) is 0.890. The molecule has 0 spiro atoms. The average molecular weight is 124 g/mol. The van der Waals surface area contributed by atoms with Crippen LogP contribution >= 0.6 is 12.4 Å². The van der Waals surface area contributed by atoms with Crippen molar-refractivity contribution < 1.29 is 5.11 Å². The molecule has 0 atom stereocenters. The van der Waals surface area contributed by atoms with E-state index in [2.05, 4.69) is 0 Å². The summed E-state index contributed by atoms with van der Waals surface area (Å²) in [6, 6.07) is 0. The number of aliphatic hydroxyl groups is 1. The molecule has 7 heavy (non-hydrogen) atoms. The molecular formula is C4H10ClNO. The molecule has 0 bridgehead atoms. The number of aliphatic hydroxyl groups excluding tert-OH is 1. The van der Waals surface area contributed by atoms with Crippen molar-refractivity contribution in [3.05, 3.63) is 12.2 Å². The van der Waals surface area contributed by atoms with E-state index < -0.39 is 0 Å². The van der Waals surface area contributed by atoms with Crippen LogP contribution in [-0.4, -0.2) is 18.3 Å². The number of rotatable bonds is 2. The summed E-state index contributed by atoms with van der Waals surface area (Å²) in [5.74, 6) is 0. The molecule has 3 N–H and O–H groups in total. The zero-order chi connectivity index (χ0) is 4.83. The Morgan fingerprint density at radius 3 is 2.14 bits per heavy atom. The summed E-state index contributed by atoms with van der Waals surface area (Å²) < 4.78 is 0. The van der Waals surface area contributed by atoms with E-state index in [0.29, 0.717) is 6.54 Å². The molecule has 2 nitrogen and oxygen atoms in total. The van der Waals surface area contributed by atoms with Crippen LogP contribution < -0.4 is 5.73 Å². The van der Waals surface area contributed by atoms with Crippen LogP contribution in [0.1, 0.15) is 0 Å². The summed E-state index contributed by atoms with van der Waals surface area (Å²) in [5, 5.41) is 8.06. The van der Waals surface area contributed by atoms with Crippen LogP contribution in [0.3, 0.4) is 0 Å². The molecule has 0 aliphatic carbocycles. The fourth-order valence-electron chi connectivity index (χ4n) is 0.171. The summed E-state index contributed by atoms with van der Waals surface area (Å²) in [6.07, 6.45) is 3.32. The van der Waals surface area contributed by atoms with E-state index in [0.717, 1.165) is 0 Å². The number of nitrogens with two attached hydrogens (primary N) is 1. The first-order chi connectivity index (χ1) is 2.91. The molecule has 0 unspecified atom stereocenters. The lowest BCUT2D eigenvalue weighted by atomic mass is 10.5. The zero-order valence-corrected chi connectivity index (χ0v) is 4.82. The van der Waals surface area contributed by atoms with Gasteiger partial charge in [0.15, 0.2) is 0 Å². The molecule has 0 heterocycles. The SMILES string of the molecule is Cl.NC/C=C/CO. The van der Waals surface area contributed by atoms with Gasteiger partial charge in [-0.2, -0.15) is 0 Å². The fraction of sp³-hybridized carbons (Fsp3) is 0.500. The third-order valence-electron chi connectivity index (χ3n) is 0.408. The minimum atomic E-state index is 0. The van der Waals surface area contributed by atoms with Gasteiger partial charge in [0.2, 0.25) is 0 Å². The van der Waals surface area contributed by atoms with Crippen LogP contribution in [0.5, 0.6) is 0 Å². The second kappa shape index (κ2) is 9.34. The highest BCUT2D eigenvalue weighted by Gasteiger charge is 1.60. The Kier molecular flexibility index (Phi) is 13.4.